The predicted octanol–water partition coefficient (Wildman–Crippen LogP) is 5.25. The fourth-order valence-electron chi connectivity index (χ4n) is 4.06. The summed E-state index contributed by atoms with van der Waals surface area (Å²) in [5.41, 5.74) is 5.79. The molecule has 1 aromatic heterocycles. The average Bonchev–Trinajstić information content (AvgIpc) is 3.25. The SMILES string of the molecule is Cc1ccc(CCN[C@H](C(=O)c2c[nH]c3cc(CCC(=O)O)ccc23)c2ccccc2)cc1. The number of ketones is 1. The zero-order valence-corrected chi connectivity index (χ0v) is 18.7. The molecule has 5 nitrogen and oxygen atoms in total. The van der Waals surface area contributed by atoms with Gasteiger partial charge in [-0.1, -0.05) is 72.3 Å². The van der Waals surface area contributed by atoms with Gasteiger partial charge < -0.3 is 15.4 Å². The summed E-state index contributed by atoms with van der Waals surface area (Å²) in [5.74, 6) is -0.811. The molecule has 0 fully saturated rings. The summed E-state index contributed by atoms with van der Waals surface area (Å²) in [4.78, 5) is 27.7. The third kappa shape index (κ3) is 5.57. The Kier molecular flexibility index (Phi) is 7.01. The van der Waals surface area contributed by atoms with Crippen molar-refractivity contribution in [3.05, 3.63) is 107 Å². The van der Waals surface area contributed by atoms with Crippen molar-refractivity contribution in [3.63, 3.8) is 0 Å². The van der Waals surface area contributed by atoms with Crippen molar-refractivity contribution in [1.82, 2.24) is 10.3 Å². The van der Waals surface area contributed by atoms with Crippen LogP contribution in [0.5, 0.6) is 0 Å². The topological polar surface area (TPSA) is 82.2 Å². The van der Waals surface area contributed by atoms with Crippen LogP contribution < -0.4 is 5.32 Å². The third-order valence-corrected chi connectivity index (χ3v) is 5.92. The molecule has 0 saturated carbocycles. The summed E-state index contributed by atoms with van der Waals surface area (Å²) in [5, 5.41) is 13.2. The number of carboxylic acids is 1. The van der Waals surface area contributed by atoms with Crippen molar-refractivity contribution in [2.75, 3.05) is 6.54 Å². The number of H-pyrrole nitrogens is 1. The molecule has 4 rings (SSSR count). The van der Waals surface area contributed by atoms with Crippen molar-refractivity contribution in [2.45, 2.75) is 32.2 Å². The number of carboxylic acid groups (broad SMARTS) is 1. The summed E-state index contributed by atoms with van der Waals surface area (Å²) in [6.07, 6.45) is 3.13. The van der Waals surface area contributed by atoms with E-state index in [0.717, 1.165) is 28.5 Å². The number of aromatic nitrogens is 1. The van der Waals surface area contributed by atoms with E-state index in [1.165, 1.54) is 11.1 Å². The quantitative estimate of drug-likeness (QED) is 0.294. The van der Waals surface area contributed by atoms with Gasteiger partial charge in [0.05, 0.1) is 6.04 Å². The van der Waals surface area contributed by atoms with Crippen LogP contribution >= 0.6 is 0 Å². The van der Waals surface area contributed by atoms with Crippen LogP contribution in [0.1, 0.15) is 45.1 Å². The number of hydrogen-bond acceptors (Lipinski definition) is 3. The second-order valence-corrected chi connectivity index (χ2v) is 8.37. The van der Waals surface area contributed by atoms with Gasteiger partial charge in [0, 0.05) is 35.6 Å². The van der Waals surface area contributed by atoms with Crippen LogP contribution in [0.2, 0.25) is 0 Å². The van der Waals surface area contributed by atoms with Crippen LogP contribution in [0.25, 0.3) is 10.9 Å². The number of rotatable bonds is 10. The molecule has 1 atom stereocenters. The molecule has 0 aliphatic heterocycles. The molecule has 5 heteroatoms. The molecule has 0 unspecified atom stereocenters. The Morgan fingerprint density at radius 2 is 1.67 bits per heavy atom. The number of fused-ring (bicyclic) bond motifs is 1. The highest BCUT2D eigenvalue weighted by molar-refractivity contribution is 6.10. The minimum absolute atomic E-state index is 0.00893. The Morgan fingerprint density at radius 3 is 2.39 bits per heavy atom. The number of carbonyl (C=O) groups excluding carboxylic acids is 1. The monoisotopic (exact) mass is 440 g/mol. The number of aliphatic carboxylic acids is 1. The second-order valence-electron chi connectivity index (χ2n) is 8.37. The summed E-state index contributed by atoms with van der Waals surface area (Å²) in [7, 11) is 0. The number of aromatic amines is 1. The first kappa shape index (κ1) is 22.5. The van der Waals surface area contributed by atoms with Crippen LogP contribution in [0, 0.1) is 6.92 Å². The molecule has 0 amide bonds. The summed E-state index contributed by atoms with van der Waals surface area (Å²) < 4.78 is 0. The number of aryl methyl sites for hydroxylation is 2. The summed E-state index contributed by atoms with van der Waals surface area (Å²) in [6, 6.07) is 23.5. The number of nitrogens with one attached hydrogen (secondary N) is 2. The molecule has 168 valence electrons. The van der Waals surface area contributed by atoms with E-state index in [1.807, 2.05) is 48.5 Å². The smallest absolute Gasteiger partial charge is 0.303 e. The Labute approximate surface area is 193 Å². The maximum absolute atomic E-state index is 13.6. The number of benzene rings is 3. The van der Waals surface area contributed by atoms with E-state index >= 15 is 0 Å². The predicted molar refractivity (Wildman–Crippen MR) is 131 cm³/mol. The molecular weight excluding hydrogens is 412 g/mol. The van der Waals surface area contributed by atoms with E-state index in [0.29, 0.717) is 18.5 Å². The van der Waals surface area contributed by atoms with Gasteiger partial charge in [-0.15, -0.1) is 0 Å². The van der Waals surface area contributed by atoms with Crippen LogP contribution in [0.3, 0.4) is 0 Å². The molecule has 0 radical (unpaired) electrons. The Bertz CT molecular complexity index is 1240. The van der Waals surface area contributed by atoms with Gasteiger partial charge in [-0.3, -0.25) is 9.59 Å². The summed E-state index contributed by atoms with van der Waals surface area (Å²) in [6.45, 7) is 2.75. The van der Waals surface area contributed by atoms with E-state index in [1.54, 1.807) is 6.20 Å². The van der Waals surface area contributed by atoms with Crippen molar-refractivity contribution in [3.8, 4) is 0 Å². The molecule has 33 heavy (non-hydrogen) atoms. The zero-order valence-electron chi connectivity index (χ0n) is 18.7. The highest BCUT2D eigenvalue weighted by Crippen LogP contribution is 2.26. The molecule has 4 aromatic rings. The lowest BCUT2D eigenvalue weighted by Crippen LogP contribution is -2.30. The van der Waals surface area contributed by atoms with Gasteiger partial charge >= 0.3 is 5.97 Å². The fraction of sp³-hybridized carbons (Fsp3) is 0.214. The van der Waals surface area contributed by atoms with E-state index in [2.05, 4.69) is 41.5 Å². The standard InChI is InChI=1S/C28H28N2O3/c1-19-7-9-20(10-8-19)15-16-29-27(22-5-3-2-4-6-22)28(33)24-18-30-25-17-21(11-13-23(24)25)12-14-26(31)32/h2-11,13,17-18,27,29-30H,12,14-16H2,1H3,(H,31,32)/t27-/m0/s1. The molecule has 1 heterocycles. The van der Waals surface area contributed by atoms with Gasteiger partial charge in [-0.25, -0.2) is 0 Å². The first-order valence-corrected chi connectivity index (χ1v) is 11.2. The van der Waals surface area contributed by atoms with Crippen LogP contribution in [0.4, 0.5) is 0 Å². The van der Waals surface area contributed by atoms with Gasteiger partial charge in [0.15, 0.2) is 5.78 Å². The third-order valence-electron chi connectivity index (χ3n) is 5.92. The van der Waals surface area contributed by atoms with Gasteiger partial charge in [0.1, 0.15) is 0 Å². The maximum atomic E-state index is 13.6. The van der Waals surface area contributed by atoms with Gasteiger partial charge in [-0.2, -0.15) is 0 Å². The molecule has 0 aliphatic carbocycles. The summed E-state index contributed by atoms with van der Waals surface area (Å²) >= 11 is 0. The van der Waals surface area contributed by atoms with E-state index in [9.17, 15) is 9.59 Å². The Balaban J connectivity index is 1.55. The minimum Gasteiger partial charge on any atom is -0.481 e. The Hall–Kier alpha value is -3.70. The van der Waals surface area contributed by atoms with Crippen molar-refractivity contribution < 1.29 is 14.7 Å². The first-order valence-electron chi connectivity index (χ1n) is 11.2. The Morgan fingerprint density at radius 1 is 0.939 bits per heavy atom. The molecule has 0 aliphatic rings. The normalized spacial score (nSPS) is 12.0. The number of Topliss-reactive ketones (excluding diaryl/α,β-unsaturated/α-hetero) is 1. The van der Waals surface area contributed by atoms with Gasteiger partial charge in [0.2, 0.25) is 0 Å². The largest absolute Gasteiger partial charge is 0.481 e. The number of carbonyl (C=O) groups is 2. The molecule has 0 saturated heterocycles. The lowest BCUT2D eigenvalue weighted by Gasteiger charge is -2.18. The molecule has 3 aromatic carbocycles. The second kappa shape index (κ2) is 10.3. The highest BCUT2D eigenvalue weighted by atomic mass is 16.4. The molecule has 0 spiro atoms. The van der Waals surface area contributed by atoms with Crippen LogP contribution in [0.15, 0.2) is 79.0 Å². The molecule has 3 N–H and O–H groups in total. The average molecular weight is 441 g/mol. The number of hydrogen-bond donors (Lipinski definition) is 3. The van der Waals surface area contributed by atoms with Crippen molar-refractivity contribution in [2.24, 2.45) is 0 Å². The zero-order chi connectivity index (χ0) is 23.2. The first-order chi connectivity index (χ1) is 16.0. The van der Waals surface area contributed by atoms with Crippen molar-refractivity contribution in [1.29, 1.82) is 0 Å². The fourth-order valence-corrected chi connectivity index (χ4v) is 4.06. The van der Waals surface area contributed by atoms with Crippen molar-refractivity contribution >= 4 is 22.7 Å². The van der Waals surface area contributed by atoms with Gasteiger partial charge in [-0.05, 0) is 42.5 Å². The van der Waals surface area contributed by atoms with Crippen LogP contribution in [-0.2, 0) is 17.6 Å². The van der Waals surface area contributed by atoms with E-state index < -0.39 is 12.0 Å². The highest BCUT2D eigenvalue weighted by Gasteiger charge is 2.24. The minimum atomic E-state index is -0.820. The molecule has 0 bridgehead atoms. The lowest BCUT2D eigenvalue weighted by atomic mass is 9.96. The van der Waals surface area contributed by atoms with Gasteiger partial charge in [0.25, 0.3) is 0 Å². The van der Waals surface area contributed by atoms with E-state index in [-0.39, 0.29) is 12.2 Å². The molecular formula is C28H28N2O3. The maximum Gasteiger partial charge on any atom is 0.303 e. The van der Waals surface area contributed by atoms with E-state index in [4.69, 9.17) is 5.11 Å². The lowest BCUT2D eigenvalue weighted by molar-refractivity contribution is -0.136. The van der Waals surface area contributed by atoms with Crippen LogP contribution in [-0.4, -0.2) is 28.4 Å².